The first-order valence-electron chi connectivity index (χ1n) is 7.17. The number of aryl methyl sites for hydroxylation is 1. The number of fused-ring (bicyclic) bond motifs is 1. The fraction of sp³-hybridized carbons (Fsp3) is 0.200. The molecule has 0 saturated carbocycles. The fourth-order valence-corrected chi connectivity index (χ4v) is 4.75. The first kappa shape index (κ1) is 23.2. The minimum atomic E-state index is -4.75. The number of benzene rings is 2. The number of sulfone groups is 1. The van der Waals surface area contributed by atoms with Gasteiger partial charge in [0.05, 0.1) is 17.3 Å². The highest BCUT2D eigenvalue weighted by atomic mass is 32.3. The maximum Gasteiger partial charge on any atom is 0.397 e. The zero-order valence-electron chi connectivity index (χ0n) is 14.2. The van der Waals surface area contributed by atoms with Gasteiger partial charge in [-0.3, -0.25) is 9.11 Å². The van der Waals surface area contributed by atoms with Crippen molar-refractivity contribution in [2.24, 2.45) is 0 Å². The van der Waals surface area contributed by atoms with Crippen LogP contribution in [0.1, 0.15) is 5.56 Å². The Balaban J connectivity index is 0.00000176. The van der Waals surface area contributed by atoms with E-state index in [0.717, 1.165) is 6.07 Å². The Bertz CT molecular complexity index is 1150. The second kappa shape index (κ2) is 8.46. The SMILES string of the molecule is C=C.Cc1ccc2cc(S(=O)(=O)CCOS(=O)(=O)O)ccc2c1S(=O)(=O)O. The van der Waals surface area contributed by atoms with Crippen LogP contribution in [-0.4, -0.2) is 46.7 Å². The summed E-state index contributed by atoms with van der Waals surface area (Å²) in [7, 11) is -13.2. The predicted molar refractivity (Wildman–Crippen MR) is 99.3 cm³/mol. The van der Waals surface area contributed by atoms with Crippen molar-refractivity contribution < 1.29 is 38.5 Å². The Labute approximate surface area is 157 Å². The van der Waals surface area contributed by atoms with Gasteiger partial charge in [-0.25, -0.2) is 12.6 Å². The van der Waals surface area contributed by atoms with Gasteiger partial charge in [0, 0.05) is 5.39 Å². The van der Waals surface area contributed by atoms with Crippen LogP contribution in [0.5, 0.6) is 0 Å². The largest absolute Gasteiger partial charge is 0.397 e. The zero-order valence-corrected chi connectivity index (χ0v) is 16.6. The lowest BCUT2D eigenvalue weighted by Crippen LogP contribution is -2.15. The summed E-state index contributed by atoms with van der Waals surface area (Å²) >= 11 is 0. The Hall–Kier alpha value is -1.83. The van der Waals surface area contributed by atoms with Crippen LogP contribution in [0.15, 0.2) is 53.3 Å². The maximum atomic E-state index is 12.2. The van der Waals surface area contributed by atoms with Crippen molar-refractivity contribution in [2.45, 2.75) is 16.7 Å². The minimum Gasteiger partial charge on any atom is -0.282 e. The zero-order chi connectivity index (χ0) is 21.0. The summed E-state index contributed by atoms with van der Waals surface area (Å²) in [6.07, 6.45) is 0. The molecule has 2 rings (SSSR count). The molecular formula is C15H18O9S3. The van der Waals surface area contributed by atoms with E-state index in [1.165, 1.54) is 31.2 Å². The van der Waals surface area contributed by atoms with Gasteiger partial charge in [-0.15, -0.1) is 13.2 Å². The lowest BCUT2D eigenvalue weighted by atomic mass is 10.1. The average Bonchev–Trinajstić information content (AvgIpc) is 2.53. The normalized spacial score (nSPS) is 12.4. The van der Waals surface area contributed by atoms with Gasteiger partial charge in [0.15, 0.2) is 9.84 Å². The van der Waals surface area contributed by atoms with Crippen molar-refractivity contribution in [1.82, 2.24) is 0 Å². The summed E-state index contributed by atoms with van der Waals surface area (Å²) in [4.78, 5) is -0.507. The van der Waals surface area contributed by atoms with E-state index < -0.39 is 42.7 Å². The molecule has 0 fully saturated rings. The van der Waals surface area contributed by atoms with Gasteiger partial charge < -0.3 is 0 Å². The van der Waals surface area contributed by atoms with E-state index >= 15 is 0 Å². The Morgan fingerprint density at radius 2 is 1.56 bits per heavy atom. The molecule has 12 heteroatoms. The molecule has 150 valence electrons. The third-order valence-corrected chi connectivity index (χ3v) is 6.54. The molecule has 0 aliphatic heterocycles. The summed E-state index contributed by atoms with van der Waals surface area (Å²) in [6.45, 7) is 6.71. The third kappa shape index (κ3) is 6.09. The van der Waals surface area contributed by atoms with Crippen LogP contribution in [-0.2, 0) is 34.5 Å². The number of hydrogen-bond donors (Lipinski definition) is 2. The molecule has 0 unspecified atom stereocenters. The molecule has 2 aromatic rings. The van der Waals surface area contributed by atoms with E-state index in [9.17, 15) is 29.8 Å². The lowest BCUT2D eigenvalue weighted by Gasteiger charge is -2.10. The average molecular weight is 439 g/mol. The van der Waals surface area contributed by atoms with Crippen molar-refractivity contribution in [2.75, 3.05) is 12.4 Å². The van der Waals surface area contributed by atoms with E-state index in [1.807, 2.05) is 0 Å². The fourth-order valence-electron chi connectivity index (χ4n) is 2.29. The van der Waals surface area contributed by atoms with E-state index in [-0.39, 0.29) is 20.6 Å². The van der Waals surface area contributed by atoms with E-state index in [4.69, 9.17) is 4.55 Å². The van der Waals surface area contributed by atoms with Gasteiger partial charge in [0.25, 0.3) is 10.1 Å². The van der Waals surface area contributed by atoms with Crippen LogP contribution in [0.2, 0.25) is 0 Å². The highest BCUT2D eigenvalue weighted by Gasteiger charge is 2.20. The third-order valence-electron chi connectivity index (χ3n) is 3.34. The predicted octanol–water partition coefficient (Wildman–Crippen LogP) is 1.79. The molecule has 0 radical (unpaired) electrons. The van der Waals surface area contributed by atoms with Gasteiger partial charge in [-0.05, 0) is 30.0 Å². The molecular weight excluding hydrogens is 420 g/mol. The Morgan fingerprint density at radius 3 is 2.07 bits per heavy atom. The molecule has 0 atom stereocenters. The van der Waals surface area contributed by atoms with Crippen LogP contribution < -0.4 is 0 Å². The van der Waals surface area contributed by atoms with Gasteiger partial charge >= 0.3 is 10.4 Å². The van der Waals surface area contributed by atoms with Crippen molar-refractivity contribution >= 4 is 41.1 Å². The van der Waals surface area contributed by atoms with Crippen molar-refractivity contribution in [1.29, 1.82) is 0 Å². The monoisotopic (exact) mass is 438 g/mol. The summed E-state index contributed by atoms with van der Waals surface area (Å²) in [6, 6.07) is 6.49. The maximum absolute atomic E-state index is 12.2. The smallest absolute Gasteiger partial charge is 0.282 e. The van der Waals surface area contributed by atoms with Gasteiger partial charge in [0.1, 0.15) is 4.90 Å². The molecule has 0 aromatic heterocycles. The second-order valence-electron chi connectivity index (χ2n) is 5.14. The summed E-state index contributed by atoms with van der Waals surface area (Å²) < 4.78 is 90.1. The molecule has 2 aromatic carbocycles. The quantitative estimate of drug-likeness (QED) is 0.508. The highest BCUT2D eigenvalue weighted by Crippen LogP contribution is 2.28. The molecule has 0 amide bonds. The molecule has 0 heterocycles. The summed E-state index contributed by atoms with van der Waals surface area (Å²) in [5.41, 5.74) is 0.298. The first-order chi connectivity index (χ1) is 12.3. The number of rotatable bonds is 6. The van der Waals surface area contributed by atoms with Crippen molar-refractivity contribution in [3.63, 3.8) is 0 Å². The van der Waals surface area contributed by atoms with E-state index in [2.05, 4.69) is 17.3 Å². The molecule has 0 bridgehead atoms. The highest BCUT2D eigenvalue weighted by molar-refractivity contribution is 7.91. The van der Waals surface area contributed by atoms with Crippen LogP contribution in [0.4, 0.5) is 0 Å². The Morgan fingerprint density at radius 1 is 0.963 bits per heavy atom. The Kier molecular flexibility index (Phi) is 7.27. The molecule has 27 heavy (non-hydrogen) atoms. The van der Waals surface area contributed by atoms with Crippen LogP contribution in [0.3, 0.4) is 0 Å². The van der Waals surface area contributed by atoms with Crippen LogP contribution in [0.25, 0.3) is 10.8 Å². The van der Waals surface area contributed by atoms with E-state index in [1.54, 1.807) is 0 Å². The molecule has 9 nitrogen and oxygen atoms in total. The van der Waals surface area contributed by atoms with Gasteiger partial charge in [-0.2, -0.15) is 16.8 Å². The van der Waals surface area contributed by atoms with Gasteiger partial charge in [-0.1, -0.05) is 18.2 Å². The standard InChI is InChI=1S/C13H14O9S3.C2H4/c1-9-2-3-10-8-11(4-5-12(10)13(9)24(16,17)18)23(14,15)7-6-22-25(19,20)21;1-2/h2-5,8H,6-7H2,1H3,(H,16,17,18)(H,19,20,21);1-2H2. The summed E-state index contributed by atoms with van der Waals surface area (Å²) in [5.74, 6) is -0.713. The van der Waals surface area contributed by atoms with E-state index in [0.29, 0.717) is 5.56 Å². The van der Waals surface area contributed by atoms with Crippen molar-refractivity contribution in [3.05, 3.63) is 49.1 Å². The van der Waals surface area contributed by atoms with Gasteiger partial charge in [0.2, 0.25) is 0 Å². The lowest BCUT2D eigenvalue weighted by molar-refractivity contribution is 0.284. The first-order valence-corrected chi connectivity index (χ1v) is 11.6. The van der Waals surface area contributed by atoms with Crippen molar-refractivity contribution in [3.8, 4) is 0 Å². The second-order valence-corrected chi connectivity index (χ2v) is 9.70. The van der Waals surface area contributed by atoms with Crippen LogP contribution in [0, 0.1) is 6.92 Å². The minimum absolute atomic E-state index is 0.149. The topological polar surface area (TPSA) is 152 Å². The molecule has 0 spiro atoms. The molecule has 0 aliphatic rings. The number of hydrogen-bond acceptors (Lipinski definition) is 7. The molecule has 0 aliphatic carbocycles. The van der Waals surface area contributed by atoms with Crippen LogP contribution >= 0.6 is 0 Å². The summed E-state index contributed by atoms with van der Waals surface area (Å²) in [5, 5.41) is 0.408. The molecule has 2 N–H and O–H groups in total. The molecule has 0 saturated heterocycles.